The van der Waals surface area contributed by atoms with E-state index >= 15 is 0 Å². The second-order valence-corrected chi connectivity index (χ2v) is 5.37. The maximum absolute atomic E-state index is 11.1. The van der Waals surface area contributed by atoms with Gasteiger partial charge in [0.25, 0.3) is 0 Å². The van der Waals surface area contributed by atoms with Crippen molar-refractivity contribution in [3.8, 4) is 0 Å². The van der Waals surface area contributed by atoms with Crippen LogP contribution in [-0.2, 0) is 4.79 Å². The first kappa shape index (κ1) is 13.5. The molecule has 0 aliphatic heterocycles. The van der Waals surface area contributed by atoms with Gasteiger partial charge in [-0.15, -0.1) is 0 Å². The van der Waals surface area contributed by atoms with Crippen LogP contribution in [0.15, 0.2) is 0 Å². The summed E-state index contributed by atoms with van der Waals surface area (Å²) in [6, 6.07) is 0. The fraction of sp³-hybridized carbons (Fsp3) is 0.929. The number of hydrogen-bond acceptors (Lipinski definition) is 1. The zero-order valence-corrected chi connectivity index (χ0v) is 10.8. The average Bonchev–Trinajstić information content (AvgIpc) is 2.27. The Morgan fingerprint density at radius 1 is 1.38 bits per heavy atom. The lowest BCUT2D eigenvalue weighted by molar-refractivity contribution is -0.141. The fourth-order valence-electron chi connectivity index (χ4n) is 3.40. The van der Waals surface area contributed by atoms with Crippen LogP contribution in [0.3, 0.4) is 0 Å². The highest BCUT2D eigenvalue weighted by atomic mass is 16.4. The smallest absolute Gasteiger partial charge is 0.303 e. The Morgan fingerprint density at radius 2 is 2.12 bits per heavy atom. The van der Waals surface area contributed by atoms with E-state index in [1.165, 1.54) is 38.5 Å². The summed E-state index contributed by atoms with van der Waals surface area (Å²) in [5, 5.41) is 9.11. The van der Waals surface area contributed by atoms with Crippen molar-refractivity contribution in [2.45, 2.75) is 71.6 Å². The summed E-state index contributed by atoms with van der Waals surface area (Å²) in [5.41, 5.74) is 0.110. The van der Waals surface area contributed by atoms with Crippen molar-refractivity contribution in [1.82, 2.24) is 0 Å². The molecule has 1 saturated carbocycles. The summed E-state index contributed by atoms with van der Waals surface area (Å²) in [5.74, 6) is 0.0487. The summed E-state index contributed by atoms with van der Waals surface area (Å²) < 4.78 is 0. The third-order valence-corrected chi connectivity index (χ3v) is 4.46. The molecule has 2 heteroatoms. The van der Waals surface area contributed by atoms with E-state index in [-0.39, 0.29) is 5.41 Å². The van der Waals surface area contributed by atoms with E-state index in [9.17, 15) is 4.79 Å². The Labute approximate surface area is 99.4 Å². The highest BCUT2D eigenvalue weighted by Crippen LogP contribution is 2.48. The van der Waals surface area contributed by atoms with Crippen LogP contribution in [0.5, 0.6) is 0 Å². The highest BCUT2D eigenvalue weighted by Gasteiger charge is 2.40. The SMILES string of the molecule is CCCCC1CCCCC1(CC)CC(=O)O. The minimum Gasteiger partial charge on any atom is -0.481 e. The second kappa shape index (κ2) is 6.27. The molecule has 0 bridgehead atoms. The Kier molecular flexibility index (Phi) is 5.30. The quantitative estimate of drug-likeness (QED) is 0.735. The molecule has 0 spiro atoms. The van der Waals surface area contributed by atoms with Gasteiger partial charge in [0, 0.05) is 0 Å². The van der Waals surface area contributed by atoms with Crippen molar-refractivity contribution in [2.75, 3.05) is 0 Å². The van der Waals surface area contributed by atoms with Crippen LogP contribution >= 0.6 is 0 Å². The van der Waals surface area contributed by atoms with Crippen molar-refractivity contribution in [1.29, 1.82) is 0 Å². The van der Waals surface area contributed by atoms with Gasteiger partial charge in [0.2, 0.25) is 0 Å². The Morgan fingerprint density at radius 3 is 2.69 bits per heavy atom. The summed E-state index contributed by atoms with van der Waals surface area (Å²) in [6.45, 7) is 4.39. The zero-order chi connectivity index (χ0) is 12.0. The van der Waals surface area contributed by atoms with E-state index in [1.807, 2.05) is 0 Å². The van der Waals surface area contributed by atoms with E-state index in [0.717, 1.165) is 12.8 Å². The summed E-state index contributed by atoms with van der Waals surface area (Å²) in [4.78, 5) is 11.1. The number of hydrogen-bond donors (Lipinski definition) is 1. The molecule has 2 nitrogen and oxygen atoms in total. The van der Waals surface area contributed by atoms with Gasteiger partial charge in [0.05, 0.1) is 6.42 Å². The van der Waals surface area contributed by atoms with Crippen molar-refractivity contribution in [2.24, 2.45) is 11.3 Å². The highest BCUT2D eigenvalue weighted by molar-refractivity contribution is 5.67. The first-order chi connectivity index (χ1) is 7.64. The maximum Gasteiger partial charge on any atom is 0.303 e. The summed E-state index contributed by atoms with van der Waals surface area (Å²) in [6.07, 6.45) is 10.0. The van der Waals surface area contributed by atoms with Crippen LogP contribution in [0.4, 0.5) is 0 Å². The number of rotatable bonds is 6. The van der Waals surface area contributed by atoms with Gasteiger partial charge in [-0.3, -0.25) is 4.79 Å². The lowest BCUT2D eigenvalue weighted by Gasteiger charge is -2.43. The number of aliphatic carboxylic acids is 1. The molecule has 2 atom stereocenters. The molecule has 0 aromatic heterocycles. The van der Waals surface area contributed by atoms with E-state index < -0.39 is 5.97 Å². The third kappa shape index (κ3) is 3.23. The Hall–Kier alpha value is -0.530. The standard InChI is InChI=1S/C14H26O2/c1-3-5-8-12-9-6-7-10-14(12,4-2)11-13(15)16/h12H,3-11H2,1-2H3,(H,15,16). The molecule has 1 rings (SSSR count). The van der Waals surface area contributed by atoms with Crippen LogP contribution < -0.4 is 0 Å². The molecule has 0 aromatic rings. The van der Waals surface area contributed by atoms with Crippen LogP contribution in [0.25, 0.3) is 0 Å². The molecule has 0 heterocycles. The Bertz CT molecular complexity index is 225. The molecule has 0 aromatic carbocycles. The summed E-state index contributed by atoms with van der Waals surface area (Å²) >= 11 is 0. The van der Waals surface area contributed by atoms with Crippen LogP contribution in [0, 0.1) is 11.3 Å². The van der Waals surface area contributed by atoms with Gasteiger partial charge in [0.1, 0.15) is 0 Å². The fourth-order valence-corrected chi connectivity index (χ4v) is 3.40. The molecular formula is C14H26O2. The molecule has 1 fully saturated rings. The third-order valence-electron chi connectivity index (χ3n) is 4.46. The van der Waals surface area contributed by atoms with Crippen molar-refractivity contribution in [3.05, 3.63) is 0 Å². The van der Waals surface area contributed by atoms with Gasteiger partial charge in [-0.1, -0.05) is 39.5 Å². The number of carboxylic acids is 1. The molecular weight excluding hydrogens is 200 g/mol. The van der Waals surface area contributed by atoms with E-state index in [0.29, 0.717) is 12.3 Å². The first-order valence-electron chi connectivity index (χ1n) is 6.86. The van der Waals surface area contributed by atoms with Crippen molar-refractivity contribution >= 4 is 5.97 Å². The average molecular weight is 226 g/mol. The lowest BCUT2D eigenvalue weighted by atomic mass is 9.61. The largest absolute Gasteiger partial charge is 0.481 e. The predicted molar refractivity (Wildman–Crippen MR) is 66.5 cm³/mol. The van der Waals surface area contributed by atoms with Crippen molar-refractivity contribution in [3.63, 3.8) is 0 Å². The molecule has 94 valence electrons. The maximum atomic E-state index is 11.1. The molecule has 16 heavy (non-hydrogen) atoms. The topological polar surface area (TPSA) is 37.3 Å². The van der Waals surface area contributed by atoms with Crippen molar-refractivity contribution < 1.29 is 9.90 Å². The van der Waals surface area contributed by atoms with E-state index in [4.69, 9.17) is 5.11 Å². The zero-order valence-electron chi connectivity index (χ0n) is 10.8. The second-order valence-electron chi connectivity index (χ2n) is 5.37. The monoisotopic (exact) mass is 226 g/mol. The van der Waals surface area contributed by atoms with Gasteiger partial charge in [-0.25, -0.2) is 0 Å². The number of carbonyl (C=O) groups is 1. The molecule has 1 N–H and O–H groups in total. The van der Waals surface area contributed by atoms with E-state index in [1.54, 1.807) is 0 Å². The molecule has 2 unspecified atom stereocenters. The van der Waals surface area contributed by atoms with Gasteiger partial charge in [-0.05, 0) is 37.0 Å². The number of unbranched alkanes of at least 4 members (excludes halogenated alkanes) is 1. The van der Waals surface area contributed by atoms with E-state index in [2.05, 4.69) is 13.8 Å². The van der Waals surface area contributed by atoms with Gasteiger partial charge in [-0.2, -0.15) is 0 Å². The normalized spacial score (nSPS) is 30.2. The van der Waals surface area contributed by atoms with Crippen LogP contribution in [0.1, 0.15) is 71.6 Å². The van der Waals surface area contributed by atoms with Gasteiger partial charge in [0.15, 0.2) is 0 Å². The van der Waals surface area contributed by atoms with Crippen LogP contribution in [-0.4, -0.2) is 11.1 Å². The molecule has 0 radical (unpaired) electrons. The van der Waals surface area contributed by atoms with Crippen LogP contribution in [0.2, 0.25) is 0 Å². The molecule has 1 aliphatic carbocycles. The number of carboxylic acid groups (broad SMARTS) is 1. The first-order valence-corrected chi connectivity index (χ1v) is 6.86. The van der Waals surface area contributed by atoms with Gasteiger partial charge < -0.3 is 5.11 Å². The molecule has 0 amide bonds. The van der Waals surface area contributed by atoms with Gasteiger partial charge >= 0.3 is 5.97 Å². The summed E-state index contributed by atoms with van der Waals surface area (Å²) in [7, 11) is 0. The molecule has 1 aliphatic rings. The minimum absolute atomic E-state index is 0.110. The predicted octanol–water partition coefficient (Wildman–Crippen LogP) is 4.24. The minimum atomic E-state index is -0.606. The molecule has 0 saturated heterocycles. The Balaban J connectivity index is 2.70. The lowest BCUT2D eigenvalue weighted by Crippen LogP contribution is -2.35.